The van der Waals surface area contributed by atoms with E-state index in [4.69, 9.17) is 18.9 Å². The van der Waals surface area contributed by atoms with Crippen LogP contribution in [-0.2, 0) is 0 Å². The predicted octanol–water partition coefficient (Wildman–Crippen LogP) is 3.88. The Bertz CT molecular complexity index is 2650. The highest BCUT2D eigenvalue weighted by atomic mass is 16.5. The molecular formula is C42H24B2N8O4. The molecule has 9 aromatic rings. The molecule has 0 bridgehead atoms. The summed E-state index contributed by atoms with van der Waals surface area (Å²) in [5.74, 6) is 5.36. The van der Waals surface area contributed by atoms with Gasteiger partial charge in [0.1, 0.15) is 23.0 Å². The summed E-state index contributed by atoms with van der Waals surface area (Å²) >= 11 is 0. The van der Waals surface area contributed by atoms with Crippen molar-refractivity contribution in [1.29, 1.82) is 0 Å². The van der Waals surface area contributed by atoms with Gasteiger partial charge >= 0.3 is 0 Å². The Morgan fingerprint density at radius 1 is 0.357 bits per heavy atom. The van der Waals surface area contributed by atoms with Gasteiger partial charge < -0.3 is 37.2 Å². The summed E-state index contributed by atoms with van der Waals surface area (Å²) in [4.78, 5) is 17.2. The minimum absolute atomic E-state index is 0.290. The molecule has 4 aliphatic heterocycles. The minimum Gasteiger partial charge on any atom is -0.454 e. The molecule has 14 heteroatoms. The Hall–Kier alpha value is -7.73. The van der Waals surface area contributed by atoms with E-state index in [-0.39, 0.29) is 13.4 Å². The molecule has 0 radical (unpaired) electrons. The van der Waals surface area contributed by atoms with Gasteiger partial charge in [-0.25, -0.2) is 19.9 Å². The fourth-order valence-electron chi connectivity index (χ4n) is 8.73. The number of ether oxygens (including phenoxy) is 4. The molecule has 4 aliphatic rings. The van der Waals surface area contributed by atoms with Gasteiger partial charge in [-0.15, -0.1) is 0 Å². The standard InChI is InChI=1S/C42H24B2N8O4/c1-5-33-29(17-25(1)49-13-9-45-21-49)43-30-18-26(50-14-10-46-22-50)2-6-34(30)55-41-37(43)39(53-33)40-38-42(41)56-36-8-4-28(52-16-12-48-24-52)20-32(36)44(38)31-19-27(3-7-35(31)54-40)51-15-11-47-23-51/h1-24H. The number of hydrogen-bond donors (Lipinski definition) is 0. The number of nitrogens with zero attached hydrogens (tertiary/aromatic N) is 8. The van der Waals surface area contributed by atoms with Gasteiger partial charge in [0.25, 0.3) is 13.4 Å². The van der Waals surface area contributed by atoms with E-state index in [1.807, 2.05) is 91.6 Å². The van der Waals surface area contributed by atoms with Crippen molar-refractivity contribution < 1.29 is 18.9 Å². The summed E-state index contributed by atoms with van der Waals surface area (Å²) in [7, 11) is 0. The zero-order valence-electron chi connectivity index (χ0n) is 29.2. The maximum absolute atomic E-state index is 7.03. The highest BCUT2D eigenvalue weighted by molar-refractivity contribution is 7.00. The summed E-state index contributed by atoms with van der Waals surface area (Å²) in [6.07, 6.45) is 22.1. The van der Waals surface area contributed by atoms with Crippen molar-refractivity contribution in [1.82, 2.24) is 38.2 Å². The van der Waals surface area contributed by atoms with E-state index in [1.165, 1.54) is 0 Å². The summed E-state index contributed by atoms with van der Waals surface area (Å²) < 4.78 is 36.1. The van der Waals surface area contributed by atoms with Crippen LogP contribution in [-0.4, -0.2) is 51.6 Å². The highest BCUT2D eigenvalue weighted by Crippen LogP contribution is 2.49. The number of hydrogen-bond acceptors (Lipinski definition) is 8. The third-order valence-electron chi connectivity index (χ3n) is 11.2. The van der Waals surface area contributed by atoms with Crippen LogP contribution in [0.5, 0.6) is 46.0 Å². The normalized spacial score (nSPS) is 13.5. The Labute approximate surface area is 319 Å². The van der Waals surface area contributed by atoms with Gasteiger partial charge in [-0.2, -0.15) is 0 Å². The first-order valence-corrected chi connectivity index (χ1v) is 18.2. The van der Waals surface area contributed by atoms with Crippen LogP contribution in [0.25, 0.3) is 22.7 Å². The molecule has 0 spiro atoms. The molecule has 0 saturated heterocycles. The van der Waals surface area contributed by atoms with E-state index >= 15 is 0 Å². The van der Waals surface area contributed by atoms with Gasteiger partial charge in [-0.05, 0) is 94.6 Å². The van der Waals surface area contributed by atoms with Crippen molar-refractivity contribution >= 4 is 46.2 Å². The molecule has 0 fully saturated rings. The fraction of sp³-hybridized carbons (Fsp3) is 0. The summed E-state index contributed by atoms with van der Waals surface area (Å²) in [5, 5.41) is 0. The lowest BCUT2D eigenvalue weighted by Crippen LogP contribution is -2.61. The molecule has 4 aromatic heterocycles. The topological polar surface area (TPSA) is 108 Å². The first-order chi connectivity index (χ1) is 27.7. The van der Waals surface area contributed by atoms with E-state index in [9.17, 15) is 0 Å². The molecule has 0 amide bonds. The Morgan fingerprint density at radius 2 is 0.625 bits per heavy atom. The van der Waals surface area contributed by atoms with Gasteiger partial charge in [0, 0.05) is 83.2 Å². The number of rotatable bonds is 4. The Morgan fingerprint density at radius 3 is 0.857 bits per heavy atom. The van der Waals surface area contributed by atoms with Crippen LogP contribution in [0.4, 0.5) is 0 Å². The monoisotopic (exact) mass is 726 g/mol. The lowest BCUT2D eigenvalue weighted by Gasteiger charge is -2.40. The van der Waals surface area contributed by atoms with Crippen LogP contribution in [0.2, 0.25) is 0 Å². The smallest absolute Gasteiger partial charge is 0.261 e. The molecule has 0 atom stereocenters. The number of imidazole rings is 4. The molecular weight excluding hydrogens is 702 g/mol. The van der Waals surface area contributed by atoms with E-state index in [1.54, 1.807) is 50.1 Å². The SMILES string of the molecule is c1cn(-c2ccc3c(c2)B2c4cc(-n5ccnc5)ccc4Oc4c5c6c(c(c42)O3)Oc2ccc(-n3ccnc3)cc2B6c2cc(-n3ccnc3)ccc2O5)cn1. The van der Waals surface area contributed by atoms with Crippen LogP contribution in [0.15, 0.2) is 148 Å². The molecule has 5 aromatic carbocycles. The van der Waals surface area contributed by atoms with E-state index in [0.29, 0.717) is 23.0 Å². The van der Waals surface area contributed by atoms with Crippen LogP contribution in [0, 0.1) is 0 Å². The molecule has 12 nitrogen and oxygen atoms in total. The summed E-state index contributed by atoms with van der Waals surface area (Å²) in [5.41, 5.74) is 9.51. The van der Waals surface area contributed by atoms with Crippen LogP contribution in [0.1, 0.15) is 0 Å². The highest BCUT2D eigenvalue weighted by Gasteiger charge is 2.50. The second-order valence-corrected chi connectivity index (χ2v) is 14.2. The van der Waals surface area contributed by atoms with Crippen molar-refractivity contribution in [3.8, 4) is 68.7 Å². The third kappa shape index (κ3) is 4.09. The van der Waals surface area contributed by atoms with Gasteiger partial charge in [0.2, 0.25) is 0 Å². The van der Waals surface area contributed by atoms with E-state index in [2.05, 4.69) is 44.2 Å². The first kappa shape index (κ1) is 29.7. The number of benzene rings is 5. The Kier molecular flexibility index (Phi) is 5.79. The zero-order valence-corrected chi connectivity index (χ0v) is 29.2. The van der Waals surface area contributed by atoms with E-state index < -0.39 is 0 Å². The van der Waals surface area contributed by atoms with Crippen LogP contribution < -0.4 is 51.7 Å². The fourth-order valence-corrected chi connectivity index (χ4v) is 8.73. The number of fused-ring (bicyclic) bond motifs is 10. The second kappa shape index (κ2) is 10.9. The predicted molar refractivity (Wildman–Crippen MR) is 210 cm³/mol. The largest absolute Gasteiger partial charge is 0.454 e. The number of aromatic nitrogens is 8. The summed E-state index contributed by atoms with van der Waals surface area (Å²) in [6.45, 7) is -0.580. The van der Waals surface area contributed by atoms with Gasteiger partial charge in [-0.3, -0.25) is 0 Å². The van der Waals surface area contributed by atoms with E-state index in [0.717, 1.165) is 78.5 Å². The van der Waals surface area contributed by atoms with Gasteiger partial charge in [-0.1, -0.05) is 0 Å². The van der Waals surface area contributed by atoms with Gasteiger partial charge in [0.05, 0.1) is 25.3 Å². The van der Waals surface area contributed by atoms with Gasteiger partial charge in [0.15, 0.2) is 23.0 Å². The van der Waals surface area contributed by atoms with Crippen molar-refractivity contribution in [2.24, 2.45) is 0 Å². The molecule has 0 aliphatic carbocycles. The molecule has 0 saturated carbocycles. The lowest BCUT2D eigenvalue weighted by atomic mass is 9.32. The van der Waals surface area contributed by atoms with Crippen molar-refractivity contribution in [2.75, 3.05) is 0 Å². The average Bonchev–Trinajstić information content (AvgIpc) is 4.10. The van der Waals surface area contributed by atoms with Crippen molar-refractivity contribution in [2.45, 2.75) is 0 Å². The third-order valence-corrected chi connectivity index (χ3v) is 11.2. The maximum atomic E-state index is 7.03. The lowest BCUT2D eigenvalue weighted by molar-refractivity contribution is 0.396. The quantitative estimate of drug-likeness (QED) is 0.252. The second-order valence-electron chi connectivity index (χ2n) is 14.2. The van der Waals surface area contributed by atoms with Crippen LogP contribution >= 0.6 is 0 Å². The first-order valence-electron chi connectivity index (χ1n) is 18.2. The zero-order chi connectivity index (χ0) is 36.5. The van der Waals surface area contributed by atoms with Crippen LogP contribution in [0.3, 0.4) is 0 Å². The maximum Gasteiger partial charge on any atom is 0.261 e. The minimum atomic E-state index is -0.290. The molecule has 56 heavy (non-hydrogen) atoms. The average molecular weight is 726 g/mol. The Balaban J connectivity index is 1.09. The molecule has 0 unspecified atom stereocenters. The molecule has 0 N–H and O–H groups in total. The molecule has 13 rings (SSSR count). The van der Waals surface area contributed by atoms with Crippen molar-refractivity contribution in [3.63, 3.8) is 0 Å². The summed E-state index contributed by atoms with van der Waals surface area (Å²) in [6, 6.07) is 25.0. The van der Waals surface area contributed by atoms with Crippen molar-refractivity contribution in [3.05, 3.63) is 148 Å². The molecule has 262 valence electrons. The molecule has 8 heterocycles.